The van der Waals surface area contributed by atoms with E-state index in [1.807, 2.05) is 0 Å². The summed E-state index contributed by atoms with van der Waals surface area (Å²) in [5.74, 6) is 0. The van der Waals surface area contributed by atoms with Crippen LogP contribution in [0.25, 0.3) is 0 Å². The van der Waals surface area contributed by atoms with Gasteiger partial charge in [-0.2, -0.15) is 0 Å². The molecule has 0 N–H and O–H groups in total. The molecule has 0 heterocycles. The quantitative estimate of drug-likeness (QED) is 0.254. The predicted molar refractivity (Wildman–Crippen MR) is 20.9 cm³/mol. The summed E-state index contributed by atoms with van der Waals surface area (Å²) in [5.41, 5.74) is 0. The molecular weight excluding hydrogens is 248 g/mol. The molecule has 0 radical (unpaired) electrons. The fraction of sp³-hybridized carbons (Fsp3) is 0. The van der Waals surface area contributed by atoms with Crippen LogP contribution in [0.3, 0.4) is 0 Å². The second kappa shape index (κ2) is 5.85. The Morgan fingerprint density at radius 3 is 0.636 bits per heavy atom. The minimum absolute atomic E-state index is 0. The summed E-state index contributed by atoms with van der Waals surface area (Å²) in [6.45, 7) is 0. The van der Waals surface area contributed by atoms with Gasteiger partial charge in [-0.05, 0) is 0 Å². The van der Waals surface area contributed by atoms with Crippen LogP contribution in [0.15, 0.2) is 0 Å². The van der Waals surface area contributed by atoms with Gasteiger partial charge in [0.15, 0.2) is 0 Å². The Labute approximate surface area is 73.2 Å². The van der Waals surface area contributed by atoms with Crippen LogP contribution in [0.5, 0.6) is 0 Å². The smallest absolute Gasteiger partial charge is 0.759 e. The molecule has 0 aliphatic carbocycles. The fourth-order valence-corrected chi connectivity index (χ4v) is 0. The van der Waals surface area contributed by atoms with E-state index in [2.05, 4.69) is 0 Å². The van der Waals surface area contributed by atoms with Crippen LogP contribution in [-0.4, -0.2) is 35.0 Å². The van der Waals surface area contributed by atoms with Crippen molar-refractivity contribution in [3.05, 3.63) is 0 Å². The van der Waals surface area contributed by atoms with Crippen molar-refractivity contribution in [1.82, 2.24) is 0 Å². The molecule has 0 amide bonds. The Hall–Kier alpha value is 0.259. The molecule has 68 valence electrons. The predicted octanol–water partition coefficient (Wildman–Crippen LogP) is -2.68. The van der Waals surface area contributed by atoms with E-state index in [0.29, 0.717) is 0 Å². The third kappa shape index (κ3) is 10400. The zero-order chi connectivity index (χ0) is 9.00. The van der Waals surface area contributed by atoms with Crippen molar-refractivity contribution >= 4 is 20.8 Å². The first-order valence-electron chi connectivity index (χ1n) is 1.33. The van der Waals surface area contributed by atoms with Crippen molar-refractivity contribution in [2.45, 2.75) is 0 Å². The van der Waals surface area contributed by atoms with Crippen LogP contribution in [0.1, 0.15) is 0 Å². The molecule has 0 atom stereocenters. The van der Waals surface area contributed by atoms with E-state index in [-0.39, 0.29) is 17.1 Å². The van der Waals surface area contributed by atoms with Gasteiger partial charge in [0.1, 0.15) is 0 Å². The van der Waals surface area contributed by atoms with Gasteiger partial charge in [0, 0.05) is 20.8 Å². The second-order valence-electron chi connectivity index (χ2n) is 0.816. The molecular formula is FeO8S2. The summed E-state index contributed by atoms with van der Waals surface area (Å²) >= 11 is 0. The molecule has 0 unspecified atom stereocenters. The largest absolute Gasteiger partial charge is 4.00 e. The minimum atomic E-state index is -5.17. The zero-order valence-corrected chi connectivity index (χ0v) is 7.17. The van der Waals surface area contributed by atoms with E-state index in [4.69, 9.17) is 35.0 Å². The molecule has 0 spiro atoms. The van der Waals surface area contributed by atoms with Gasteiger partial charge in [0.05, 0.1) is 0 Å². The molecule has 0 saturated carbocycles. The van der Waals surface area contributed by atoms with E-state index < -0.39 is 20.8 Å². The molecule has 0 fully saturated rings. The molecule has 0 aliphatic heterocycles. The topological polar surface area (TPSA) is 161 Å². The normalized spacial score (nSPS) is 10.5. The minimum Gasteiger partial charge on any atom is -0.759 e. The van der Waals surface area contributed by atoms with Crippen LogP contribution < -0.4 is 0 Å². The molecule has 11 heavy (non-hydrogen) atoms. The van der Waals surface area contributed by atoms with Gasteiger partial charge in [0.25, 0.3) is 0 Å². The first-order valence-corrected chi connectivity index (χ1v) is 4.00. The molecule has 8 nitrogen and oxygen atoms in total. The monoisotopic (exact) mass is 248 g/mol. The van der Waals surface area contributed by atoms with Crippen LogP contribution in [-0.2, 0) is 37.9 Å². The van der Waals surface area contributed by atoms with E-state index in [9.17, 15) is 0 Å². The van der Waals surface area contributed by atoms with E-state index >= 15 is 0 Å². The average Bonchev–Trinajstić information content (AvgIpc) is 1.12. The van der Waals surface area contributed by atoms with E-state index in [1.54, 1.807) is 0 Å². The van der Waals surface area contributed by atoms with Gasteiger partial charge in [-0.25, -0.2) is 0 Å². The van der Waals surface area contributed by atoms with Crippen molar-refractivity contribution in [3.63, 3.8) is 0 Å². The molecule has 0 aliphatic rings. The molecule has 0 rings (SSSR count). The molecule has 0 aromatic heterocycles. The zero-order valence-electron chi connectivity index (χ0n) is 4.44. The van der Waals surface area contributed by atoms with Gasteiger partial charge in [-0.1, -0.05) is 0 Å². The van der Waals surface area contributed by atoms with Crippen molar-refractivity contribution in [1.29, 1.82) is 0 Å². The molecule has 0 aromatic carbocycles. The van der Waals surface area contributed by atoms with E-state index in [0.717, 1.165) is 0 Å². The average molecular weight is 248 g/mol. The van der Waals surface area contributed by atoms with Gasteiger partial charge in [0.2, 0.25) is 0 Å². The Morgan fingerprint density at radius 2 is 0.636 bits per heavy atom. The van der Waals surface area contributed by atoms with Crippen LogP contribution in [0.4, 0.5) is 0 Å². The summed E-state index contributed by atoms with van der Waals surface area (Å²) in [7, 11) is -10.3. The first kappa shape index (κ1) is 17.4. The van der Waals surface area contributed by atoms with Crippen molar-refractivity contribution < 1.29 is 52.1 Å². The Balaban J connectivity index is -0.000000107. The Morgan fingerprint density at radius 1 is 0.636 bits per heavy atom. The fourth-order valence-electron chi connectivity index (χ4n) is 0. The van der Waals surface area contributed by atoms with Gasteiger partial charge < -0.3 is 18.2 Å². The van der Waals surface area contributed by atoms with Gasteiger partial charge in [-0.15, -0.1) is 0 Å². The number of hydrogen-bond acceptors (Lipinski definition) is 8. The maximum absolute atomic E-state index is 8.52. The third-order valence-electron chi connectivity index (χ3n) is 0. The first-order chi connectivity index (χ1) is 4.00. The second-order valence-corrected chi connectivity index (χ2v) is 2.45. The van der Waals surface area contributed by atoms with Crippen molar-refractivity contribution in [2.24, 2.45) is 0 Å². The Kier molecular flexibility index (Phi) is 9.24. The maximum atomic E-state index is 8.52. The maximum Gasteiger partial charge on any atom is 4.00 e. The number of hydrogen-bond donors (Lipinski definition) is 0. The standard InChI is InChI=1S/Fe.2H2O4S/c;2*1-5(2,3)4/h;2*(H2,1,2,3,4)/q+4;;/p-4. The Bertz CT molecular complexity index is 208. The van der Waals surface area contributed by atoms with Crippen molar-refractivity contribution in [3.8, 4) is 0 Å². The summed E-state index contributed by atoms with van der Waals surface area (Å²) < 4.78 is 68.2. The summed E-state index contributed by atoms with van der Waals surface area (Å²) in [4.78, 5) is 0. The molecule has 11 heteroatoms. The van der Waals surface area contributed by atoms with Gasteiger partial charge in [-0.3, -0.25) is 16.8 Å². The van der Waals surface area contributed by atoms with Gasteiger partial charge >= 0.3 is 17.1 Å². The van der Waals surface area contributed by atoms with Crippen LogP contribution in [0, 0.1) is 0 Å². The van der Waals surface area contributed by atoms with E-state index in [1.165, 1.54) is 0 Å². The molecule has 0 bridgehead atoms. The van der Waals surface area contributed by atoms with Crippen molar-refractivity contribution in [2.75, 3.05) is 0 Å². The molecule has 0 saturated heterocycles. The SMILES string of the molecule is O=S(=O)([O-])[O-].O=S(=O)([O-])[O-].[Fe+4]. The number of rotatable bonds is 0. The summed E-state index contributed by atoms with van der Waals surface area (Å²) in [5, 5.41) is 0. The summed E-state index contributed by atoms with van der Waals surface area (Å²) in [6.07, 6.45) is 0. The summed E-state index contributed by atoms with van der Waals surface area (Å²) in [6, 6.07) is 0. The molecule has 0 aromatic rings. The van der Waals surface area contributed by atoms with Crippen LogP contribution in [0.2, 0.25) is 0 Å². The third-order valence-corrected chi connectivity index (χ3v) is 0. The van der Waals surface area contributed by atoms with Crippen LogP contribution >= 0.6 is 0 Å².